The van der Waals surface area contributed by atoms with Crippen molar-refractivity contribution in [2.75, 3.05) is 27.8 Å². The second-order valence-corrected chi connectivity index (χ2v) is 22.0. The van der Waals surface area contributed by atoms with Crippen LogP contribution in [-0.2, 0) is 66.4 Å². The van der Waals surface area contributed by atoms with E-state index < -0.39 is 136 Å². The number of esters is 2. The molecule has 5 rings (SSSR count). The molecule has 0 aromatic carbocycles. The first kappa shape index (κ1) is 54.0. The fourth-order valence-corrected chi connectivity index (χ4v) is 10.9. The van der Waals surface area contributed by atoms with Gasteiger partial charge in [0, 0.05) is 32.3 Å². The van der Waals surface area contributed by atoms with Gasteiger partial charge in [-0.2, -0.15) is 0 Å². The molecule has 5 heterocycles. The summed E-state index contributed by atoms with van der Waals surface area (Å²) in [6, 6.07) is -0.323. The lowest BCUT2D eigenvalue weighted by Gasteiger charge is -2.49. The Kier molecular flexibility index (Phi) is 17.1. The first-order valence-corrected chi connectivity index (χ1v) is 23.6. The van der Waals surface area contributed by atoms with Crippen LogP contribution < -0.4 is 0 Å². The van der Waals surface area contributed by atoms with Gasteiger partial charge in [0.1, 0.15) is 18.3 Å². The van der Waals surface area contributed by atoms with Gasteiger partial charge >= 0.3 is 24.2 Å². The number of likely N-dealkylation sites (N-methyl/N-ethyl adjacent to an activating group) is 1. The number of ether oxygens (including phenoxy) is 12. The quantitative estimate of drug-likeness (QED) is 0.131. The van der Waals surface area contributed by atoms with Crippen LogP contribution in [0.25, 0.3) is 0 Å². The largest absolute Gasteiger partial charge is 0.509 e. The van der Waals surface area contributed by atoms with Crippen LogP contribution in [0, 0.1) is 23.7 Å². The molecule has 18 nitrogen and oxygen atoms in total. The number of aliphatic hydroxyl groups is 1. The average Bonchev–Trinajstić information content (AvgIpc) is 3.65. The molecule has 0 spiro atoms. The third-order valence-corrected chi connectivity index (χ3v) is 14.4. The number of cyclic esters (lactones) is 1. The highest BCUT2D eigenvalue weighted by Crippen LogP contribution is 2.54. The summed E-state index contributed by atoms with van der Waals surface area (Å²) >= 11 is 17.4. The van der Waals surface area contributed by atoms with Crippen LogP contribution in [0.1, 0.15) is 108 Å². The summed E-state index contributed by atoms with van der Waals surface area (Å²) in [7, 11) is 5.19. The van der Waals surface area contributed by atoms with Gasteiger partial charge in [-0.05, 0) is 74.9 Å². The van der Waals surface area contributed by atoms with E-state index in [0.29, 0.717) is 12.8 Å². The second kappa shape index (κ2) is 20.6. The Morgan fingerprint density at radius 1 is 0.923 bits per heavy atom. The molecule has 19 atom stereocenters. The lowest BCUT2D eigenvalue weighted by atomic mass is 9.74. The molecule has 2 bridgehead atoms. The number of nitrogens with zero attached hydrogens (tertiary/aromatic N) is 1. The van der Waals surface area contributed by atoms with Crippen LogP contribution in [-0.4, -0.2) is 156 Å². The normalized spacial score (nSPS) is 44.9. The molecule has 1 N–H and O–H groups in total. The second-order valence-electron chi connectivity index (χ2n) is 19.5. The van der Waals surface area contributed by atoms with Gasteiger partial charge in [0.15, 0.2) is 42.3 Å². The van der Waals surface area contributed by atoms with E-state index >= 15 is 0 Å². The minimum atomic E-state index is -1.95. The SMILES string of the molecule is CCC[C@H]1OC(=O)[C@H](C)[C@@H](OC2CC(C)(OC)C(OC(=O)OCC(Cl)(Cl)Cl)C(C)O2)[C@H](C)[C@@H](OC2OC(C)CC(N(C)C)C2OC(C)=O)[C@]2(C)C[C@@H](C)C(O)(O2)[C@H](C)[C@H]2OC(=O)O[C@@]21C. The molecule has 0 radical (unpaired) electrons. The summed E-state index contributed by atoms with van der Waals surface area (Å²) in [6.45, 7) is 18.4. The Balaban J connectivity index is 1.63. The number of hydrogen-bond acceptors (Lipinski definition) is 18. The maximum atomic E-state index is 14.8. The van der Waals surface area contributed by atoms with Crippen LogP contribution in [0.5, 0.6) is 0 Å². The first-order chi connectivity index (χ1) is 30.0. The van der Waals surface area contributed by atoms with Crippen molar-refractivity contribution < 1.29 is 81.1 Å². The number of fused-ring (bicyclic) bond motifs is 3. The minimum absolute atomic E-state index is 0.0252. The minimum Gasteiger partial charge on any atom is -0.458 e. The Bertz CT molecular complexity index is 1710. The summed E-state index contributed by atoms with van der Waals surface area (Å²) in [5, 5.41) is 12.8. The van der Waals surface area contributed by atoms with Crippen LogP contribution >= 0.6 is 34.8 Å². The number of rotatable bonds is 11. The summed E-state index contributed by atoms with van der Waals surface area (Å²) in [4.78, 5) is 55.3. The number of halogens is 3. The molecule has 0 amide bonds. The molecular weight excluding hydrogens is 921 g/mol. The predicted molar refractivity (Wildman–Crippen MR) is 233 cm³/mol. The zero-order valence-corrected chi connectivity index (χ0v) is 42.2. The van der Waals surface area contributed by atoms with Crippen molar-refractivity contribution in [1.82, 2.24) is 4.90 Å². The highest BCUT2D eigenvalue weighted by molar-refractivity contribution is 6.67. The predicted octanol–water partition coefficient (Wildman–Crippen LogP) is 6.62. The Hall–Kier alpha value is -1.97. The van der Waals surface area contributed by atoms with E-state index in [4.69, 9.17) is 91.6 Å². The Morgan fingerprint density at radius 3 is 2.17 bits per heavy atom. The maximum absolute atomic E-state index is 14.8. The molecule has 65 heavy (non-hydrogen) atoms. The molecule has 21 heteroatoms. The van der Waals surface area contributed by atoms with E-state index in [0.717, 1.165) is 0 Å². The molecule has 5 aliphatic heterocycles. The highest BCUT2D eigenvalue weighted by Gasteiger charge is 2.67. The maximum Gasteiger partial charge on any atom is 0.509 e. The molecule has 0 aromatic rings. The smallest absolute Gasteiger partial charge is 0.458 e. The zero-order valence-electron chi connectivity index (χ0n) is 40.0. The Labute approximate surface area is 397 Å². The molecule has 0 aromatic heterocycles. The average molecular weight is 991 g/mol. The lowest BCUT2D eigenvalue weighted by molar-refractivity contribution is -0.338. The van der Waals surface area contributed by atoms with Crippen molar-refractivity contribution in [1.29, 1.82) is 0 Å². The molecule has 5 saturated heterocycles. The van der Waals surface area contributed by atoms with Crippen molar-refractivity contribution in [2.45, 2.75) is 202 Å². The first-order valence-electron chi connectivity index (χ1n) is 22.5. The van der Waals surface area contributed by atoms with Crippen molar-refractivity contribution in [3.8, 4) is 0 Å². The molecule has 0 saturated carbocycles. The molecular formula is C44H70Cl3NO17. The third kappa shape index (κ3) is 11.6. The number of hydrogen-bond donors (Lipinski definition) is 1. The van der Waals surface area contributed by atoms with Gasteiger partial charge in [-0.3, -0.25) is 9.59 Å². The highest BCUT2D eigenvalue weighted by atomic mass is 35.6. The van der Waals surface area contributed by atoms with Gasteiger partial charge in [0.25, 0.3) is 0 Å². The molecule has 9 unspecified atom stereocenters. The summed E-state index contributed by atoms with van der Waals surface area (Å²) < 4.78 is 72.7. The molecule has 5 fully saturated rings. The number of carbonyl (C=O) groups is 4. The van der Waals surface area contributed by atoms with Crippen LogP contribution in [0.15, 0.2) is 0 Å². The van der Waals surface area contributed by atoms with Gasteiger partial charge in [-0.25, -0.2) is 9.59 Å². The van der Waals surface area contributed by atoms with Gasteiger partial charge < -0.3 is 66.8 Å². The van der Waals surface area contributed by atoms with Crippen molar-refractivity contribution in [2.24, 2.45) is 23.7 Å². The van der Waals surface area contributed by atoms with E-state index in [1.807, 2.05) is 46.7 Å². The van der Waals surface area contributed by atoms with Gasteiger partial charge in [0.05, 0.1) is 47.9 Å². The zero-order chi connectivity index (χ0) is 48.8. The standard InChI is InChI=1S/C44H70Cl3NO17/c1-15-16-29-42(11)34(62-39(52)64-42)25(6)44(53)21(2)18-41(10,65-44)33(61-37-32(58-27(8)49)28(48(12)13)17-22(3)56-37)23(4)31(24(5)36(50)59-29)60-30-19-40(9,54-14)35(26(7)57-30)63-38(51)55-20-43(45,46)47/h21-26,28-35,37,53H,15-20H2,1-14H3/t21-,22?,23+,24-,25-,26?,28?,29-,30?,31+,32?,33-,34-,35?,37?,40?,41+,42-,44?/m1/s1. The molecule has 0 aliphatic carbocycles. The lowest BCUT2D eigenvalue weighted by Crippen LogP contribution is -2.61. The van der Waals surface area contributed by atoms with E-state index in [9.17, 15) is 24.3 Å². The van der Waals surface area contributed by atoms with Crippen LogP contribution in [0.2, 0.25) is 0 Å². The monoisotopic (exact) mass is 989 g/mol. The van der Waals surface area contributed by atoms with E-state index in [-0.39, 0.29) is 31.4 Å². The topological polar surface area (TPSA) is 203 Å². The summed E-state index contributed by atoms with van der Waals surface area (Å²) in [5.41, 5.74) is -4.17. The Morgan fingerprint density at radius 2 is 1.58 bits per heavy atom. The van der Waals surface area contributed by atoms with Crippen molar-refractivity contribution in [3.05, 3.63) is 0 Å². The van der Waals surface area contributed by atoms with E-state index in [2.05, 4.69) is 0 Å². The van der Waals surface area contributed by atoms with Crippen molar-refractivity contribution in [3.63, 3.8) is 0 Å². The van der Waals surface area contributed by atoms with Gasteiger partial charge in [-0.1, -0.05) is 68.9 Å². The van der Waals surface area contributed by atoms with Crippen LogP contribution in [0.3, 0.4) is 0 Å². The third-order valence-electron chi connectivity index (χ3n) is 14.1. The number of methoxy groups -OCH3 is 1. The molecule has 374 valence electrons. The van der Waals surface area contributed by atoms with Crippen molar-refractivity contribution >= 4 is 59.1 Å². The van der Waals surface area contributed by atoms with Gasteiger partial charge in [-0.15, -0.1) is 0 Å². The van der Waals surface area contributed by atoms with Crippen LogP contribution in [0.4, 0.5) is 9.59 Å². The number of alkyl halides is 3. The summed E-state index contributed by atoms with van der Waals surface area (Å²) in [6.07, 6.45) is -10.4. The van der Waals surface area contributed by atoms with Gasteiger partial charge in [0.2, 0.25) is 3.79 Å². The summed E-state index contributed by atoms with van der Waals surface area (Å²) in [5.74, 6) is -6.61. The fraction of sp³-hybridized carbons (Fsp3) is 0.909. The fourth-order valence-electron chi connectivity index (χ4n) is 10.7. The number of carbonyl (C=O) groups excluding carboxylic acids is 4. The van der Waals surface area contributed by atoms with E-state index in [1.165, 1.54) is 14.0 Å². The van der Waals surface area contributed by atoms with E-state index in [1.54, 1.807) is 41.5 Å². The molecule has 5 aliphatic rings.